The first-order chi connectivity index (χ1) is 20.5. The number of sulfonamides is 1. The van der Waals surface area contributed by atoms with Crippen LogP contribution in [0.4, 0.5) is 5.69 Å². The molecule has 43 heavy (non-hydrogen) atoms. The molecule has 1 fully saturated rings. The van der Waals surface area contributed by atoms with Crippen LogP contribution in [0.15, 0.2) is 65.6 Å². The molecule has 0 aliphatic carbocycles. The largest absolute Gasteiger partial charge is 0.493 e. The molecular weight excluding hydrogens is 847 g/mol. The van der Waals surface area contributed by atoms with Gasteiger partial charge in [-0.25, -0.2) is 8.42 Å². The van der Waals surface area contributed by atoms with Crippen molar-refractivity contribution in [3.63, 3.8) is 0 Å². The van der Waals surface area contributed by atoms with Gasteiger partial charge in [0.25, 0.3) is 10.0 Å². The summed E-state index contributed by atoms with van der Waals surface area (Å²) in [6.07, 6.45) is 0.889. The highest BCUT2D eigenvalue weighted by molar-refractivity contribution is 15.0. The van der Waals surface area contributed by atoms with Crippen molar-refractivity contribution in [1.29, 1.82) is 0 Å². The minimum absolute atomic E-state index is 0.102. The molecular formula is C28H27Cl2I2N3O7S. The van der Waals surface area contributed by atoms with E-state index in [9.17, 15) is 22.8 Å². The van der Waals surface area contributed by atoms with Crippen molar-refractivity contribution in [1.82, 2.24) is 4.90 Å². The molecule has 1 heterocycles. The Bertz CT molecular complexity index is 1630. The number of anilines is 1. The third kappa shape index (κ3) is 7.85. The van der Waals surface area contributed by atoms with Crippen LogP contribution in [-0.2, 0) is 19.6 Å². The van der Waals surface area contributed by atoms with Gasteiger partial charge in [-0.2, -0.15) is 0 Å². The molecule has 2 amide bonds. The molecule has 1 atom stereocenters. The van der Waals surface area contributed by atoms with Gasteiger partial charge in [0.1, 0.15) is 12.6 Å². The Morgan fingerprint density at radius 3 is 2.28 bits per heavy atom. The highest BCUT2D eigenvalue weighted by Crippen LogP contribution is 2.35. The van der Waals surface area contributed by atoms with Crippen molar-refractivity contribution in [3.8, 4) is 11.5 Å². The van der Waals surface area contributed by atoms with Crippen LogP contribution in [0.5, 0.6) is 11.5 Å². The van der Waals surface area contributed by atoms with Gasteiger partial charge in [0.15, 0.2) is 17.3 Å². The first-order valence-corrected chi connectivity index (χ1v) is 21.0. The van der Waals surface area contributed by atoms with Crippen LogP contribution < -0.4 is 19.5 Å². The third-order valence-electron chi connectivity index (χ3n) is 6.71. The van der Waals surface area contributed by atoms with Crippen molar-refractivity contribution in [2.45, 2.75) is 23.8 Å². The number of amides is 2. The predicted octanol–water partition coefficient (Wildman–Crippen LogP) is 5.68. The normalized spacial score (nSPS) is 14.4. The second-order valence-electron chi connectivity index (χ2n) is 9.15. The Kier molecular flexibility index (Phi) is 12.7. The molecule has 4 rings (SSSR count). The standard InChI is InChI=1S/C28H27Cl2N3O7S.I2/c1-39-24-12-10-18(15-25(24)40-2)41(37,38)33(16-26(34)32-13-5-8-23(32)28(31)36)22-11-9-17(29)14-20(22)27(35)19-6-3-4-7-21(19)30;1-2/h3-4,6-7,9-12,14-15,23H,5,8,13,16H2,1-2H3,(H2,31,36);. The summed E-state index contributed by atoms with van der Waals surface area (Å²) in [5.41, 5.74) is 5.40. The van der Waals surface area contributed by atoms with Crippen LogP contribution in [0, 0.1) is 0 Å². The molecule has 0 spiro atoms. The summed E-state index contributed by atoms with van der Waals surface area (Å²) >= 11 is 16.8. The van der Waals surface area contributed by atoms with Crippen molar-refractivity contribution >= 4 is 93.7 Å². The van der Waals surface area contributed by atoms with Crippen LogP contribution in [0.25, 0.3) is 0 Å². The molecule has 1 aliphatic rings. The Morgan fingerprint density at radius 2 is 1.65 bits per heavy atom. The van der Waals surface area contributed by atoms with E-state index in [1.807, 2.05) is 0 Å². The molecule has 0 aromatic heterocycles. The molecule has 0 saturated carbocycles. The number of benzene rings is 3. The molecule has 0 radical (unpaired) electrons. The second-order valence-corrected chi connectivity index (χ2v) is 11.9. The number of halogens is 4. The molecule has 230 valence electrons. The van der Waals surface area contributed by atoms with E-state index in [1.54, 1.807) is 12.1 Å². The Balaban J connectivity index is 0.00000248. The lowest BCUT2D eigenvalue weighted by Gasteiger charge is -2.29. The minimum Gasteiger partial charge on any atom is -0.493 e. The number of hydrogen-bond donors (Lipinski definition) is 1. The fourth-order valence-corrected chi connectivity index (χ4v) is 6.52. The zero-order chi connectivity index (χ0) is 31.9. The summed E-state index contributed by atoms with van der Waals surface area (Å²) in [6, 6.07) is 13.4. The average molecular weight is 874 g/mol. The number of nitrogens with two attached hydrogens (primary N) is 1. The topological polar surface area (TPSA) is 136 Å². The van der Waals surface area contributed by atoms with E-state index >= 15 is 0 Å². The number of hydrogen-bond acceptors (Lipinski definition) is 7. The van der Waals surface area contributed by atoms with Gasteiger partial charge in [0.05, 0.1) is 29.8 Å². The van der Waals surface area contributed by atoms with E-state index in [1.165, 1.54) is 67.7 Å². The molecule has 3 aromatic carbocycles. The van der Waals surface area contributed by atoms with Crippen molar-refractivity contribution in [2.75, 3.05) is 31.6 Å². The number of likely N-dealkylation sites (tertiary alicyclic amines) is 1. The van der Waals surface area contributed by atoms with E-state index in [0.29, 0.717) is 12.8 Å². The van der Waals surface area contributed by atoms with E-state index in [2.05, 4.69) is 37.2 Å². The van der Waals surface area contributed by atoms with Crippen LogP contribution in [-0.4, -0.2) is 64.3 Å². The molecule has 1 saturated heterocycles. The first kappa shape index (κ1) is 35.1. The summed E-state index contributed by atoms with van der Waals surface area (Å²) < 4.78 is 39.8. The van der Waals surface area contributed by atoms with Gasteiger partial charge in [-0.15, -0.1) is 0 Å². The van der Waals surface area contributed by atoms with Crippen LogP contribution in [0.3, 0.4) is 0 Å². The summed E-state index contributed by atoms with van der Waals surface area (Å²) in [6.45, 7) is -0.506. The molecule has 2 N–H and O–H groups in total. The number of primary amides is 1. The summed E-state index contributed by atoms with van der Waals surface area (Å²) in [5, 5.41) is 0.308. The highest BCUT2D eigenvalue weighted by atomic mass is 128. The number of ketones is 1. The zero-order valence-electron chi connectivity index (χ0n) is 22.9. The number of methoxy groups -OCH3 is 2. The van der Waals surface area contributed by atoms with E-state index in [4.69, 9.17) is 38.4 Å². The summed E-state index contributed by atoms with van der Waals surface area (Å²) in [5.74, 6) is -1.54. The van der Waals surface area contributed by atoms with E-state index in [-0.39, 0.29) is 49.8 Å². The molecule has 10 nitrogen and oxygen atoms in total. The van der Waals surface area contributed by atoms with Gasteiger partial charge in [0, 0.05) is 66.0 Å². The van der Waals surface area contributed by atoms with Crippen molar-refractivity contribution < 1.29 is 32.3 Å². The van der Waals surface area contributed by atoms with Crippen LogP contribution in [0.1, 0.15) is 28.8 Å². The maximum absolute atomic E-state index is 14.2. The fourth-order valence-electron chi connectivity index (χ4n) is 4.68. The number of carbonyl (C=O) groups is 3. The predicted molar refractivity (Wildman–Crippen MR) is 182 cm³/mol. The third-order valence-corrected chi connectivity index (χ3v) is 9.03. The number of carbonyl (C=O) groups excluding carboxylic acids is 3. The Hall–Kier alpha value is -2.34. The number of ether oxygens (including phenoxy) is 2. The molecule has 1 unspecified atom stereocenters. The smallest absolute Gasteiger partial charge is 0.264 e. The van der Waals surface area contributed by atoms with E-state index < -0.39 is 40.2 Å². The van der Waals surface area contributed by atoms with Gasteiger partial charge < -0.3 is 20.1 Å². The van der Waals surface area contributed by atoms with Gasteiger partial charge >= 0.3 is 0 Å². The first-order valence-electron chi connectivity index (χ1n) is 12.6. The average Bonchev–Trinajstić information content (AvgIpc) is 3.51. The molecule has 0 bridgehead atoms. The monoisotopic (exact) mass is 873 g/mol. The highest BCUT2D eigenvalue weighted by Gasteiger charge is 2.37. The summed E-state index contributed by atoms with van der Waals surface area (Å²) in [7, 11) is -1.77. The van der Waals surface area contributed by atoms with Gasteiger partial charge in [-0.05, 0) is 55.3 Å². The lowest BCUT2D eigenvalue weighted by atomic mass is 10.0. The molecule has 3 aromatic rings. The van der Waals surface area contributed by atoms with Gasteiger partial charge in [-0.1, -0.05) is 35.3 Å². The minimum atomic E-state index is -4.53. The lowest BCUT2D eigenvalue weighted by Crippen LogP contribution is -2.49. The number of rotatable bonds is 10. The Labute approximate surface area is 283 Å². The quantitative estimate of drug-likeness (QED) is 0.205. The number of nitrogens with zero attached hydrogens (tertiary/aromatic N) is 2. The van der Waals surface area contributed by atoms with Gasteiger partial charge in [-0.3, -0.25) is 18.7 Å². The molecule has 1 aliphatic heterocycles. The fraction of sp³-hybridized carbons (Fsp3) is 0.250. The summed E-state index contributed by atoms with van der Waals surface area (Å²) in [4.78, 5) is 40.3. The Morgan fingerprint density at radius 1 is 0.977 bits per heavy atom. The van der Waals surface area contributed by atoms with E-state index in [0.717, 1.165) is 4.31 Å². The van der Waals surface area contributed by atoms with Gasteiger partial charge in [0.2, 0.25) is 11.8 Å². The maximum Gasteiger partial charge on any atom is 0.264 e. The van der Waals surface area contributed by atoms with Crippen molar-refractivity contribution in [2.24, 2.45) is 5.73 Å². The lowest BCUT2D eigenvalue weighted by molar-refractivity contribution is -0.136. The zero-order valence-corrected chi connectivity index (χ0v) is 29.6. The second kappa shape index (κ2) is 15.6. The van der Waals surface area contributed by atoms with Crippen LogP contribution in [0.2, 0.25) is 10.0 Å². The molecule has 15 heteroatoms. The van der Waals surface area contributed by atoms with Crippen molar-refractivity contribution in [3.05, 3.63) is 81.8 Å². The van der Waals surface area contributed by atoms with Crippen LogP contribution >= 0.6 is 60.4 Å². The SMILES string of the molecule is COc1ccc(S(=O)(=O)N(CC(=O)N2CCCC2C(N)=O)c2ccc(Cl)cc2C(=O)c2ccccc2Cl)cc1OC.II. The maximum atomic E-state index is 14.2.